The average Bonchev–Trinajstić information content (AvgIpc) is 2.28. The van der Waals surface area contributed by atoms with Gasteiger partial charge in [-0.2, -0.15) is 0 Å². The minimum atomic E-state index is -0.484. The van der Waals surface area contributed by atoms with Gasteiger partial charge in [-0.1, -0.05) is 0 Å². The lowest BCUT2D eigenvalue weighted by Crippen LogP contribution is -2.34. The van der Waals surface area contributed by atoms with Crippen LogP contribution in [0.3, 0.4) is 0 Å². The van der Waals surface area contributed by atoms with Gasteiger partial charge in [-0.15, -0.1) is 11.8 Å². The van der Waals surface area contributed by atoms with Gasteiger partial charge >= 0.3 is 0 Å². The molecular formula is C12H15FN2O2S. The Labute approximate surface area is 109 Å². The van der Waals surface area contributed by atoms with Crippen molar-refractivity contribution in [3.8, 4) is 0 Å². The molecule has 0 bridgehead atoms. The van der Waals surface area contributed by atoms with E-state index >= 15 is 0 Å². The Morgan fingerprint density at radius 1 is 1.61 bits per heavy atom. The molecular weight excluding hydrogens is 255 g/mol. The van der Waals surface area contributed by atoms with Gasteiger partial charge in [0.15, 0.2) is 0 Å². The Hall–Kier alpha value is -1.27. The molecule has 98 valence electrons. The van der Waals surface area contributed by atoms with E-state index < -0.39 is 5.82 Å². The highest BCUT2D eigenvalue weighted by Crippen LogP contribution is 2.25. The molecule has 0 aromatic heterocycles. The van der Waals surface area contributed by atoms with E-state index in [-0.39, 0.29) is 16.8 Å². The van der Waals surface area contributed by atoms with E-state index in [1.54, 1.807) is 11.8 Å². The first kappa shape index (κ1) is 13.2. The van der Waals surface area contributed by atoms with Crippen LogP contribution in [0.1, 0.15) is 6.92 Å². The van der Waals surface area contributed by atoms with E-state index in [1.807, 2.05) is 6.92 Å². The maximum atomic E-state index is 13.0. The highest BCUT2D eigenvalue weighted by Gasteiger charge is 2.25. The van der Waals surface area contributed by atoms with Crippen molar-refractivity contribution in [2.45, 2.75) is 17.4 Å². The highest BCUT2D eigenvalue weighted by molar-refractivity contribution is 8.01. The third-order valence-corrected chi connectivity index (χ3v) is 3.92. The number of amides is 1. The molecule has 18 heavy (non-hydrogen) atoms. The third-order valence-electron chi connectivity index (χ3n) is 2.64. The molecule has 1 aromatic rings. The van der Waals surface area contributed by atoms with Crippen LogP contribution in [0.2, 0.25) is 0 Å². The van der Waals surface area contributed by atoms with E-state index in [9.17, 15) is 9.18 Å². The Kier molecular flexibility index (Phi) is 4.08. The van der Waals surface area contributed by atoms with Crippen molar-refractivity contribution >= 4 is 29.0 Å². The second-order valence-corrected chi connectivity index (χ2v) is 5.81. The number of anilines is 2. The molecule has 3 N–H and O–H groups in total. The van der Waals surface area contributed by atoms with Crippen LogP contribution in [0.4, 0.5) is 15.8 Å². The van der Waals surface area contributed by atoms with Crippen molar-refractivity contribution in [1.82, 2.24) is 0 Å². The van der Waals surface area contributed by atoms with Gasteiger partial charge in [-0.05, 0) is 25.1 Å². The lowest BCUT2D eigenvalue weighted by atomic mass is 10.2. The van der Waals surface area contributed by atoms with E-state index in [0.29, 0.717) is 24.2 Å². The summed E-state index contributed by atoms with van der Waals surface area (Å²) in [4.78, 5) is 11.9. The van der Waals surface area contributed by atoms with Gasteiger partial charge in [-0.3, -0.25) is 4.79 Å². The Bertz CT molecular complexity index is 452. The normalized spacial score (nSPS) is 17.0. The summed E-state index contributed by atoms with van der Waals surface area (Å²) in [7, 11) is 0. The SMILES string of the molecule is CC(SC1COC1)C(=O)Nc1ccc(F)c(N)c1. The number of nitrogens with one attached hydrogen (secondary N) is 1. The molecule has 0 saturated carbocycles. The number of carbonyl (C=O) groups excluding carboxylic acids is 1. The van der Waals surface area contributed by atoms with Crippen LogP contribution >= 0.6 is 11.8 Å². The first-order valence-corrected chi connectivity index (χ1v) is 6.59. The molecule has 1 aliphatic heterocycles. The van der Waals surface area contributed by atoms with E-state index in [2.05, 4.69) is 5.32 Å². The summed E-state index contributed by atoms with van der Waals surface area (Å²) in [6.07, 6.45) is 0. The minimum Gasteiger partial charge on any atom is -0.396 e. The fourth-order valence-electron chi connectivity index (χ4n) is 1.51. The molecule has 0 spiro atoms. The number of carbonyl (C=O) groups is 1. The lowest BCUT2D eigenvalue weighted by Gasteiger charge is -2.27. The second-order valence-electron chi connectivity index (χ2n) is 4.16. The predicted molar refractivity (Wildman–Crippen MR) is 71.1 cm³/mol. The lowest BCUT2D eigenvalue weighted by molar-refractivity contribution is -0.115. The average molecular weight is 270 g/mol. The number of nitrogens with two attached hydrogens (primary N) is 1. The predicted octanol–water partition coefficient (Wildman–Crippen LogP) is 1.87. The maximum Gasteiger partial charge on any atom is 0.237 e. The van der Waals surface area contributed by atoms with Crippen LogP contribution in [0.25, 0.3) is 0 Å². The first-order chi connectivity index (χ1) is 8.56. The van der Waals surface area contributed by atoms with Crippen LogP contribution in [0.5, 0.6) is 0 Å². The van der Waals surface area contributed by atoms with E-state index in [1.165, 1.54) is 18.2 Å². The van der Waals surface area contributed by atoms with Crippen molar-refractivity contribution in [2.24, 2.45) is 0 Å². The monoisotopic (exact) mass is 270 g/mol. The van der Waals surface area contributed by atoms with Crippen LogP contribution in [0, 0.1) is 5.82 Å². The molecule has 1 aliphatic rings. The first-order valence-electron chi connectivity index (χ1n) is 5.65. The molecule has 0 radical (unpaired) electrons. The van der Waals surface area contributed by atoms with Crippen molar-refractivity contribution in [2.75, 3.05) is 24.3 Å². The van der Waals surface area contributed by atoms with Gasteiger partial charge in [0.05, 0.1) is 29.4 Å². The number of halogens is 1. The Morgan fingerprint density at radius 3 is 2.89 bits per heavy atom. The van der Waals surface area contributed by atoms with Gasteiger partial charge < -0.3 is 15.8 Å². The molecule has 6 heteroatoms. The van der Waals surface area contributed by atoms with Crippen molar-refractivity contribution in [3.63, 3.8) is 0 Å². The summed E-state index contributed by atoms with van der Waals surface area (Å²) in [5, 5.41) is 2.93. The number of nitrogen functional groups attached to an aromatic ring is 1. The van der Waals surface area contributed by atoms with Crippen molar-refractivity contribution in [3.05, 3.63) is 24.0 Å². The van der Waals surface area contributed by atoms with Crippen LogP contribution < -0.4 is 11.1 Å². The topological polar surface area (TPSA) is 64.3 Å². The fourth-order valence-corrected chi connectivity index (χ4v) is 2.62. The van der Waals surface area contributed by atoms with Gasteiger partial charge in [0.2, 0.25) is 5.91 Å². The summed E-state index contributed by atoms with van der Waals surface area (Å²) in [5.74, 6) is -0.597. The number of rotatable bonds is 4. The third kappa shape index (κ3) is 3.14. The second kappa shape index (κ2) is 5.58. The number of hydrogen-bond acceptors (Lipinski definition) is 4. The van der Waals surface area contributed by atoms with Gasteiger partial charge in [0.1, 0.15) is 5.82 Å². The Morgan fingerprint density at radius 2 is 2.33 bits per heavy atom. The summed E-state index contributed by atoms with van der Waals surface area (Å²) in [5.41, 5.74) is 5.97. The number of thioether (sulfide) groups is 1. The number of hydrogen-bond donors (Lipinski definition) is 2. The standard InChI is InChI=1S/C12H15FN2O2S/c1-7(18-9-5-17-6-9)12(16)15-8-2-3-10(13)11(14)4-8/h2-4,7,9H,5-6,14H2,1H3,(H,15,16). The van der Waals surface area contributed by atoms with Crippen LogP contribution in [-0.2, 0) is 9.53 Å². The largest absolute Gasteiger partial charge is 0.396 e. The summed E-state index contributed by atoms with van der Waals surface area (Å²) in [6.45, 7) is 3.24. The van der Waals surface area contributed by atoms with Gasteiger partial charge in [0.25, 0.3) is 0 Å². The summed E-state index contributed by atoms with van der Waals surface area (Å²) < 4.78 is 18.0. The molecule has 1 unspecified atom stereocenters. The van der Waals surface area contributed by atoms with Gasteiger partial charge in [0, 0.05) is 5.69 Å². The quantitative estimate of drug-likeness (QED) is 0.820. The van der Waals surface area contributed by atoms with E-state index in [0.717, 1.165) is 0 Å². The van der Waals surface area contributed by atoms with E-state index in [4.69, 9.17) is 10.5 Å². The molecule has 1 saturated heterocycles. The number of ether oxygens (including phenoxy) is 1. The van der Waals surface area contributed by atoms with Gasteiger partial charge in [-0.25, -0.2) is 4.39 Å². The minimum absolute atomic E-state index is 0.0282. The molecule has 1 fully saturated rings. The molecule has 1 heterocycles. The molecule has 2 rings (SSSR count). The molecule has 1 aromatic carbocycles. The molecule has 1 atom stereocenters. The smallest absolute Gasteiger partial charge is 0.237 e. The molecule has 0 aliphatic carbocycles. The Balaban J connectivity index is 1.90. The highest BCUT2D eigenvalue weighted by atomic mass is 32.2. The summed E-state index contributed by atoms with van der Waals surface area (Å²) in [6, 6.07) is 4.15. The molecule has 1 amide bonds. The van der Waals surface area contributed by atoms with Crippen LogP contribution in [-0.4, -0.2) is 29.6 Å². The molecule has 4 nitrogen and oxygen atoms in total. The van der Waals surface area contributed by atoms with Crippen molar-refractivity contribution in [1.29, 1.82) is 0 Å². The summed E-state index contributed by atoms with van der Waals surface area (Å²) >= 11 is 1.58. The van der Waals surface area contributed by atoms with Crippen LogP contribution in [0.15, 0.2) is 18.2 Å². The zero-order valence-corrected chi connectivity index (χ0v) is 10.8. The zero-order valence-electron chi connectivity index (χ0n) is 9.98. The van der Waals surface area contributed by atoms with Crippen molar-refractivity contribution < 1.29 is 13.9 Å². The zero-order chi connectivity index (χ0) is 13.1. The number of benzene rings is 1. The maximum absolute atomic E-state index is 13.0. The fraction of sp³-hybridized carbons (Fsp3) is 0.417.